The summed E-state index contributed by atoms with van der Waals surface area (Å²) in [6.45, 7) is 4.06. The van der Waals surface area contributed by atoms with Gasteiger partial charge in [-0.3, -0.25) is 4.79 Å². The molecule has 1 aliphatic rings. The van der Waals surface area contributed by atoms with Gasteiger partial charge in [0.25, 0.3) is 5.91 Å². The van der Waals surface area contributed by atoms with Crippen LogP contribution < -0.4 is 4.90 Å². The molecule has 1 aromatic heterocycles. The SMILES string of the molecule is CCOC(=O)c1nc2cc(Cl)c(Cl)cc2nc1N1CCCN(C(=O)c2ccc(Cl)cc2)CC1. The fourth-order valence-corrected chi connectivity index (χ4v) is 4.15. The first-order valence-corrected chi connectivity index (χ1v) is 11.6. The minimum atomic E-state index is -0.564. The summed E-state index contributed by atoms with van der Waals surface area (Å²) in [7, 11) is 0. The van der Waals surface area contributed by atoms with Crippen LogP contribution in [0.2, 0.25) is 15.1 Å². The van der Waals surface area contributed by atoms with Gasteiger partial charge in [0.05, 0.1) is 27.7 Å². The van der Waals surface area contributed by atoms with Gasteiger partial charge in [-0.1, -0.05) is 34.8 Å². The van der Waals surface area contributed by atoms with Crippen molar-refractivity contribution in [1.29, 1.82) is 0 Å². The molecule has 1 saturated heterocycles. The molecule has 0 saturated carbocycles. The van der Waals surface area contributed by atoms with Crippen LogP contribution in [0, 0.1) is 0 Å². The maximum Gasteiger partial charge on any atom is 0.360 e. The average molecular weight is 508 g/mol. The molecule has 0 radical (unpaired) electrons. The Kier molecular flexibility index (Phi) is 7.22. The van der Waals surface area contributed by atoms with Gasteiger partial charge in [-0.25, -0.2) is 14.8 Å². The van der Waals surface area contributed by atoms with Crippen molar-refractivity contribution in [3.05, 3.63) is 62.7 Å². The van der Waals surface area contributed by atoms with Crippen molar-refractivity contribution >= 4 is 63.5 Å². The molecule has 3 aromatic rings. The molecule has 4 rings (SSSR count). The molecule has 0 N–H and O–H groups in total. The summed E-state index contributed by atoms with van der Waals surface area (Å²) >= 11 is 18.2. The van der Waals surface area contributed by atoms with E-state index in [0.717, 1.165) is 0 Å². The van der Waals surface area contributed by atoms with E-state index in [9.17, 15) is 9.59 Å². The number of aromatic nitrogens is 2. The van der Waals surface area contributed by atoms with Gasteiger partial charge in [-0.05, 0) is 49.7 Å². The van der Waals surface area contributed by atoms with Gasteiger partial charge in [-0.15, -0.1) is 0 Å². The number of hydrogen-bond acceptors (Lipinski definition) is 6. The van der Waals surface area contributed by atoms with Crippen molar-refractivity contribution in [1.82, 2.24) is 14.9 Å². The molecule has 0 unspecified atom stereocenters. The number of carbonyl (C=O) groups is 2. The molecule has 0 spiro atoms. The number of amides is 1. The Hall–Kier alpha value is -2.61. The van der Waals surface area contributed by atoms with Gasteiger partial charge in [-0.2, -0.15) is 0 Å². The van der Waals surface area contributed by atoms with Crippen LogP contribution in [0.5, 0.6) is 0 Å². The van der Waals surface area contributed by atoms with Crippen LogP contribution in [0.1, 0.15) is 34.2 Å². The number of benzene rings is 2. The highest BCUT2D eigenvalue weighted by molar-refractivity contribution is 6.42. The quantitative estimate of drug-likeness (QED) is 0.456. The Morgan fingerprint density at radius 1 is 0.939 bits per heavy atom. The topological polar surface area (TPSA) is 75.6 Å². The number of esters is 1. The zero-order chi connectivity index (χ0) is 23.5. The van der Waals surface area contributed by atoms with E-state index in [1.807, 2.05) is 4.90 Å². The van der Waals surface area contributed by atoms with Crippen LogP contribution in [0.25, 0.3) is 11.0 Å². The molecule has 33 heavy (non-hydrogen) atoms. The smallest absolute Gasteiger partial charge is 0.360 e. The van der Waals surface area contributed by atoms with E-state index in [2.05, 4.69) is 9.97 Å². The number of carbonyl (C=O) groups excluding carboxylic acids is 2. The van der Waals surface area contributed by atoms with Crippen molar-refractivity contribution in [2.45, 2.75) is 13.3 Å². The number of anilines is 1. The zero-order valence-electron chi connectivity index (χ0n) is 17.9. The molecule has 0 bridgehead atoms. The first kappa shape index (κ1) is 23.5. The maximum absolute atomic E-state index is 12.9. The molecule has 1 fully saturated rings. The molecule has 172 valence electrons. The van der Waals surface area contributed by atoms with Gasteiger partial charge in [0, 0.05) is 36.8 Å². The lowest BCUT2D eigenvalue weighted by molar-refractivity contribution is 0.0520. The molecule has 0 aliphatic carbocycles. The Bertz CT molecular complexity index is 1200. The van der Waals surface area contributed by atoms with Crippen molar-refractivity contribution < 1.29 is 14.3 Å². The second-order valence-corrected chi connectivity index (χ2v) is 8.76. The predicted molar refractivity (Wildman–Crippen MR) is 130 cm³/mol. The van der Waals surface area contributed by atoms with Crippen molar-refractivity contribution in [3.63, 3.8) is 0 Å². The lowest BCUT2D eigenvalue weighted by Crippen LogP contribution is -2.36. The summed E-state index contributed by atoms with van der Waals surface area (Å²) in [6.07, 6.45) is 0.697. The standard InChI is InChI=1S/C23H21Cl3N4O3/c1-2-33-23(32)20-21(28-19-13-17(26)16(25)12-18(19)27-20)29-8-3-9-30(11-10-29)22(31)14-4-6-15(24)7-5-14/h4-7,12-13H,2-3,8-11H2,1H3. The van der Waals surface area contributed by atoms with Crippen LogP contribution in [-0.2, 0) is 4.74 Å². The molecule has 2 aromatic carbocycles. The molecule has 0 atom stereocenters. The summed E-state index contributed by atoms with van der Waals surface area (Å²) in [5.74, 6) is -0.225. The number of nitrogens with zero attached hydrogens (tertiary/aromatic N) is 4. The van der Waals surface area contributed by atoms with E-state index in [-0.39, 0.29) is 18.2 Å². The zero-order valence-corrected chi connectivity index (χ0v) is 20.1. The fraction of sp³-hybridized carbons (Fsp3) is 0.304. The first-order valence-electron chi connectivity index (χ1n) is 10.5. The summed E-state index contributed by atoms with van der Waals surface area (Å²) in [5.41, 5.74) is 1.66. The largest absolute Gasteiger partial charge is 0.461 e. The van der Waals surface area contributed by atoms with E-state index in [0.29, 0.717) is 70.1 Å². The monoisotopic (exact) mass is 506 g/mol. The van der Waals surface area contributed by atoms with Gasteiger partial charge in [0.15, 0.2) is 11.5 Å². The molecular weight excluding hydrogens is 487 g/mol. The maximum atomic E-state index is 12.9. The van der Waals surface area contributed by atoms with E-state index in [1.54, 1.807) is 48.2 Å². The summed E-state index contributed by atoms with van der Waals surface area (Å²) in [4.78, 5) is 38.6. The van der Waals surface area contributed by atoms with Crippen LogP contribution in [-0.4, -0.2) is 59.5 Å². The van der Waals surface area contributed by atoms with Crippen molar-refractivity contribution in [2.75, 3.05) is 37.7 Å². The summed E-state index contributed by atoms with van der Waals surface area (Å²) in [5, 5.41) is 1.26. The van der Waals surface area contributed by atoms with Crippen LogP contribution in [0.4, 0.5) is 5.82 Å². The average Bonchev–Trinajstić information content (AvgIpc) is 3.05. The highest BCUT2D eigenvalue weighted by atomic mass is 35.5. The van der Waals surface area contributed by atoms with E-state index >= 15 is 0 Å². The molecule has 1 aliphatic heterocycles. The summed E-state index contributed by atoms with van der Waals surface area (Å²) in [6, 6.07) is 10.0. The van der Waals surface area contributed by atoms with Gasteiger partial charge < -0.3 is 14.5 Å². The third-order valence-electron chi connectivity index (χ3n) is 5.33. The highest BCUT2D eigenvalue weighted by Gasteiger charge is 2.26. The lowest BCUT2D eigenvalue weighted by Gasteiger charge is -2.24. The van der Waals surface area contributed by atoms with E-state index in [1.165, 1.54) is 0 Å². The Labute approximate surface area is 206 Å². The van der Waals surface area contributed by atoms with E-state index in [4.69, 9.17) is 39.5 Å². The Morgan fingerprint density at radius 3 is 2.27 bits per heavy atom. The highest BCUT2D eigenvalue weighted by Crippen LogP contribution is 2.29. The molecular formula is C23H21Cl3N4O3. The number of ether oxygens (including phenoxy) is 1. The van der Waals surface area contributed by atoms with Gasteiger partial charge in [0.1, 0.15) is 0 Å². The minimum Gasteiger partial charge on any atom is -0.461 e. The van der Waals surface area contributed by atoms with E-state index < -0.39 is 5.97 Å². The van der Waals surface area contributed by atoms with Gasteiger partial charge >= 0.3 is 5.97 Å². The minimum absolute atomic E-state index is 0.0647. The number of rotatable bonds is 4. The molecule has 10 heteroatoms. The van der Waals surface area contributed by atoms with Crippen molar-refractivity contribution in [2.24, 2.45) is 0 Å². The lowest BCUT2D eigenvalue weighted by atomic mass is 10.2. The normalized spacial score (nSPS) is 14.3. The van der Waals surface area contributed by atoms with Crippen LogP contribution in [0.3, 0.4) is 0 Å². The van der Waals surface area contributed by atoms with Crippen LogP contribution >= 0.6 is 34.8 Å². The number of hydrogen-bond donors (Lipinski definition) is 0. The molecule has 7 nitrogen and oxygen atoms in total. The number of fused-ring (bicyclic) bond motifs is 1. The molecule has 1 amide bonds. The third kappa shape index (κ3) is 5.16. The van der Waals surface area contributed by atoms with Crippen LogP contribution in [0.15, 0.2) is 36.4 Å². The molecule has 2 heterocycles. The van der Waals surface area contributed by atoms with Crippen molar-refractivity contribution in [3.8, 4) is 0 Å². The second-order valence-electron chi connectivity index (χ2n) is 7.51. The Morgan fingerprint density at radius 2 is 1.61 bits per heavy atom. The second kappa shape index (κ2) is 10.1. The first-order chi connectivity index (χ1) is 15.9. The summed E-state index contributed by atoms with van der Waals surface area (Å²) < 4.78 is 5.22. The Balaban J connectivity index is 1.64. The third-order valence-corrected chi connectivity index (χ3v) is 6.30. The van der Waals surface area contributed by atoms with Gasteiger partial charge in [0.2, 0.25) is 0 Å². The number of halogens is 3. The fourth-order valence-electron chi connectivity index (χ4n) is 3.71. The predicted octanol–water partition coefficient (Wildman–Crippen LogP) is 5.12.